The lowest BCUT2D eigenvalue weighted by molar-refractivity contribution is -0.142. The average molecular weight is 372 g/mol. The Morgan fingerprint density at radius 1 is 1.31 bits per heavy atom. The summed E-state index contributed by atoms with van der Waals surface area (Å²) in [4.78, 5) is 13.5. The third-order valence-corrected chi connectivity index (χ3v) is 7.79. The molecule has 6 heteroatoms. The summed E-state index contributed by atoms with van der Waals surface area (Å²) in [6.07, 6.45) is 10.9. The highest BCUT2D eigenvalue weighted by atomic mass is 32.2. The molecule has 0 amide bonds. The summed E-state index contributed by atoms with van der Waals surface area (Å²) in [5.74, 6) is 3.71. The third-order valence-electron chi connectivity index (χ3n) is 6.70. The molecule has 5 nitrogen and oxygen atoms in total. The highest BCUT2D eigenvalue weighted by Gasteiger charge is 2.55. The zero-order valence-corrected chi connectivity index (χ0v) is 16.0. The minimum absolute atomic E-state index is 0.0486. The molecule has 6 rings (SSSR count). The molecule has 4 aliphatic carbocycles. The van der Waals surface area contributed by atoms with Gasteiger partial charge < -0.3 is 8.98 Å². The van der Waals surface area contributed by atoms with E-state index in [0.717, 1.165) is 47.9 Å². The number of ketones is 1. The average Bonchev–Trinajstić information content (AvgIpc) is 3.26. The first kappa shape index (κ1) is 16.6. The number of hydrogen-bond donors (Lipinski definition) is 0. The lowest BCUT2D eigenvalue weighted by Crippen LogP contribution is -2.51. The quantitative estimate of drug-likeness (QED) is 0.713. The highest BCUT2D eigenvalue weighted by molar-refractivity contribution is 8.00. The van der Waals surface area contributed by atoms with Gasteiger partial charge in [0.1, 0.15) is 12.1 Å². The number of Topliss-reactive ketones (excluding diaryl/α,β-unsaturated/α-hetero) is 1. The number of thioether (sulfide) groups is 1. The molecule has 0 aromatic carbocycles. The second-order valence-corrected chi connectivity index (χ2v) is 9.95. The molecule has 2 aromatic rings. The van der Waals surface area contributed by atoms with Crippen LogP contribution in [0.5, 0.6) is 0 Å². The van der Waals surface area contributed by atoms with Gasteiger partial charge in [0, 0.05) is 5.41 Å². The summed E-state index contributed by atoms with van der Waals surface area (Å²) in [6.45, 7) is 2.65. The van der Waals surface area contributed by atoms with E-state index in [0.29, 0.717) is 12.3 Å². The van der Waals surface area contributed by atoms with Crippen molar-refractivity contribution < 1.29 is 9.21 Å². The number of hydrogen-bond acceptors (Lipinski definition) is 5. The zero-order chi connectivity index (χ0) is 17.7. The lowest BCUT2D eigenvalue weighted by Gasteiger charge is -2.56. The van der Waals surface area contributed by atoms with Crippen molar-refractivity contribution in [1.82, 2.24) is 14.8 Å². The maximum absolute atomic E-state index is 13.5. The van der Waals surface area contributed by atoms with E-state index >= 15 is 0 Å². The minimum Gasteiger partial charge on any atom is -0.467 e. The first-order valence-electron chi connectivity index (χ1n) is 9.72. The molecular formula is C20H25N3O2S. The number of nitrogens with zero attached hydrogens (tertiary/aromatic N) is 3. The maximum atomic E-state index is 13.5. The maximum Gasteiger partial charge on any atom is 0.192 e. The standard InChI is InChI=1S/C20H25N3O2S/c1-13(26-19-22-21-12-23(19)11-17-3-2-4-25-17)18(24)20-8-14-5-15(9-20)7-16(6-14)10-20/h2-4,12-16H,5-11H2,1H3/t13-,14?,15?,16?,20?/m1/s1. The smallest absolute Gasteiger partial charge is 0.192 e. The number of carbonyl (C=O) groups is 1. The summed E-state index contributed by atoms with van der Waals surface area (Å²) in [5, 5.41) is 9.01. The van der Waals surface area contributed by atoms with Crippen LogP contribution in [0, 0.1) is 23.2 Å². The van der Waals surface area contributed by atoms with Gasteiger partial charge in [-0.1, -0.05) is 11.8 Å². The number of aromatic nitrogens is 3. The van der Waals surface area contributed by atoms with E-state index in [1.807, 2.05) is 16.7 Å². The molecule has 0 saturated heterocycles. The Labute approximate surface area is 157 Å². The molecule has 26 heavy (non-hydrogen) atoms. The van der Waals surface area contributed by atoms with E-state index in [9.17, 15) is 4.79 Å². The van der Waals surface area contributed by atoms with Crippen LogP contribution >= 0.6 is 11.8 Å². The van der Waals surface area contributed by atoms with Crippen LogP contribution in [0.15, 0.2) is 34.3 Å². The Morgan fingerprint density at radius 3 is 2.62 bits per heavy atom. The summed E-state index contributed by atoms with van der Waals surface area (Å²) >= 11 is 1.55. The molecule has 2 aromatic heterocycles. The van der Waals surface area contributed by atoms with Gasteiger partial charge in [-0.05, 0) is 75.3 Å². The number of rotatable bonds is 6. The molecule has 4 saturated carbocycles. The lowest BCUT2D eigenvalue weighted by atomic mass is 9.48. The minimum atomic E-state index is -0.0780. The van der Waals surface area contributed by atoms with Gasteiger partial charge in [0.15, 0.2) is 10.9 Å². The highest BCUT2D eigenvalue weighted by Crippen LogP contribution is 2.61. The van der Waals surface area contributed by atoms with Gasteiger partial charge in [-0.15, -0.1) is 10.2 Å². The van der Waals surface area contributed by atoms with Crippen LogP contribution in [-0.4, -0.2) is 25.8 Å². The van der Waals surface area contributed by atoms with Crippen molar-refractivity contribution in [3.63, 3.8) is 0 Å². The Bertz CT molecular complexity index is 763. The number of carbonyl (C=O) groups excluding carboxylic acids is 1. The van der Waals surface area contributed by atoms with Crippen molar-refractivity contribution in [1.29, 1.82) is 0 Å². The van der Waals surface area contributed by atoms with E-state index in [4.69, 9.17) is 4.42 Å². The Morgan fingerprint density at radius 2 is 2.00 bits per heavy atom. The van der Waals surface area contributed by atoms with E-state index in [1.54, 1.807) is 24.4 Å². The van der Waals surface area contributed by atoms with Crippen LogP contribution in [0.4, 0.5) is 0 Å². The van der Waals surface area contributed by atoms with Gasteiger partial charge in [-0.25, -0.2) is 0 Å². The molecule has 0 aliphatic heterocycles. The molecule has 4 bridgehead atoms. The van der Waals surface area contributed by atoms with Crippen LogP contribution in [0.25, 0.3) is 0 Å². The second-order valence-electron chi connectivity index (χ2n) is 8.64. The van der Waals surface area contributed by atoms with Crippen molar-refractivity contribution in [2.24, 2.45) is 23.2 Å². The second kappa shape index (κ2) is 6.25. The molecule has 0 N–H and O–H groups in total. The third kappa shape index (κ3) is 2.82. The summed E-state index contributed by atoms with van der Waals surface area (Å²) < 4.78 is 7.39. The monoisotopic (exact) mass is 371 g/mol. The van der Waals surface area contributed by atoms with Crippen molar-refractivity contribution >= 4 is 17.5 Å². The Hall–Kier alpha value is -1.56. The van der Waals surface area contributed by atoms with Gasteiger partial charge in [0.25, 0.3) is 0 Å². The molecule has 0 spiro atoms. The first-order valence-corrected chi connectivity index (χ1v) is 10.6. The van der Waals surface area contributed by atoms with Crippen molar-refractivity contribution in [3.05, 3.63) is 30.5 Å². The van der Waals surface area contributed by atoms with E-state index in [2.05, 4.69) is 17.1 Å². The Kier molecular flexibility index (Phi) is 3.99. The normalized spacial score (nSPS) is 33.5. The predicted molar refractivity (Wildman–Crippen MR) is 98.8 cm³/mol. The molecule has 1 atom stereocenters. The van der Waals surface area contributed by atoms with E-state index in [-0.39, 0.29) is 10.7 Å². The molecule has 2 heterocycles. The largest absolute Gasteiger partial charge is 0.467 e. The molecular weight excluding hydrogens is 346 g/mol. The molecule has 138 valence electrons. The summed E-state index contributed by atoms with van der Waals surface area (Å²) in [7, 11) is 0. The topological polar surface area (TPSA) is 60.9 Å². The van der Waals surface area contributed by atoms with Crippen LogP contribution in [0.3, 0.4) is 0 Å². The van der Waals surface area contributed by atoms with E-state index < -0.39 is 0 Å². The molecule has 0 radical (unpaired) electrons. The van der Waals surface area contributed by atoms with Crippen LogP contribution < -0.4 is 0 Å². The summed E-state index contributed by atoms with van der Waals surface area (Å²) in [6, 6.07) is 3.82. The van der Waals surface area contributed by atoms with Gasteiger partial charge in [-0.2, -0.15) is 0 Å². The van der Waals surface area contributed by atoms with Crippen LogP contribution in [-0.2, 0) is 11.3 Å². The van der Waals surface area contributed by atoms with Crippen LogP contribution in [0.1, 0.15) is 51.2 Å². The van der Waals surface area contributed by atoms with Gasteiger partial charge in [0.2, 0.25) is 0 Å². The fourth-order valence-corrected chi connectivity index (χ4v) is 7.08. The molecule has 0 unspecified atom stereocenters. The van der Waals surface area contributed by atoms with Gasteiger partial charge >= 0.3 is 0 Å². The Balaban J connectivity index is 1.31. The first-order chi connectivity index (χ1) is 12.6. The van der Waals surface area contributed by atoms with Gasteiger partial charge in [0.05, 0.1) is 18.1 Å². The molecule has 4 fully saturated rings. The van der Waals surface area contributed by atoms with Crippen molar-refractivity contribution in [3.8, 4) is 0 Å². The fraction of sp³-hybridized carbons (Fsp3) is 0.650. The number of furan rings is 1. The van der Waals surface area contributed by atoms with E-state index in [1.165, 1.54) is 19.3 Å². The molecule has 4 aliphatic rings. The van der Waals surface area contributed by atoms with Gasteiger partial charge in [-0.3, -0.25) is 4.79 Å². The zero-order valence-electron chi connectivity index (χ0n) is 15.1. The van der Waals surface area contributed by atoms with Crippen molar-refractivity contribution in [2.75, 3.05) is 0 Å². The predicted octanol–water partition coefficient (Wildman–Crippen LogP) is 4.19. The fourth-order valence-electron chi connectivity index (χ4n) is 6.07. The van der Waals surface area contributed by atoms with Crippen LogP contribution in [0.2, 0.25) is 0 Å². The van der Waals surface area contributed by atoms with Crippen molar-refractivity contribution in [2.45, 2.75) is 62.4 Å². The summed E-state index contributed by atoms with van der Waals surface area (Å²) in [5.41, 5.74) is -0.0486. The SMILES string of the molecule is C[C@@H](Sc1nncn1Cc1ccco1)C(=O)C12CC3CC(CC(C3)C1)C2.